The van der Waals surface area contributed by atoms with Crippen LogP contribution in [0.15, 0.2) is 42.5 Å². The molecular formula is C25H33FN2O4. The molecule has 1 atom stereocenters. The first-order valence-corrected chi connectivity index (χ1v) is 11.2. The first-order valence-electron chi connectivity index (χ1n) is 11.2. The van der Waals surface area contributed by atoms with Crippen molar-refractivity contribution >= 4 is 23.0 Å². The number of carbonyl (C=O) groups is 1. The Morgan fingerprint density at radius 1 is 1.25 bits per heavy atom. The normalized spacial score (nSPS) is 15.3. The number of rotatable bonds is 11. The number of halogens is 1. The summed E-state index contributed by atoms with van der Waals surface area (Å²) in [6, 6.07) is 12.7. The minimum Gasteiger partial charge on any atom is -0.481 e. The number of aliphatic carboxylic acids is 1. The molecule has 2 aromatic carbocycles. The summed E-state index contributed by atoms with van der Waals surface area (Å²) >= 11 is 0. The quantitative estimate of drug-likeness (QED) is 0.498. The van der Waals surface area contributed by atoms with E-state index in [1.807, 2.05) is 12.1 Å². The summed E-state index contributed by atoms with van der Waals surface area (Å²) in [5, 5.41) is 12.8. The van der Waals surface area contributed by atoms with Gasteiger partial charge in [-0.3, -0.25) is 4.79 Å². The van der Waals surface area contributed by atoms with E-state index in [1.165, 1.54) is 12.1 Å². The number of anilines is 3. The van der Waals surface area contributed by atoms with Gasteiger partial charge in [-0.15, -0.1) is 0 Å². The summed E-state index contributed by atoms with van der Waals surface area (Å²) < 4.78 is 24.3. The lowest BCUT2D eigenvalue weighted by molar-refractivity contribution is -0.137. The zero-order valence-electron chi connectivity index (χ0n) is 18.9. The number of nitrogens with one attached hydrogen (secondary N) is 1. The zero-order valence-corrected chi connectivity index (χ0v) is 18.9. The van der Waals surface area contributed by atoms with Crippen LogP contribution < -0.4 is 10.2 Å². The van der Waals surface area contributed by atoms with Crippen LogP contribution in [-0.2, 0) is 14.3 Å². The third-order valence-electron chi connectivity index (χ3n) is 5.81. The summed E-state index contributed by atoms with van der Waals surface area (Å²) in [6.45, 7) is 4.88. The van der Waals surface area contributed by atoms with Crippen LogP contribution in [0, 0.1) is 5.82 Å². The van der Waals surface area contributed by atoms with Gasteiger partial charge in [0.05, 0.1) is 24.4 Å². The Labute approximate surface area is 189 Å². The molecule has 2 N–H and O–H groups in total. The Morgan fingerprint density at radius 3 is 2.59 bits per heavy atom. The molecule has 2 aromatic rings. The van der Waals surface area contributed by atoms with Crippen molar-refractivity contribution in [2.24, 2.45) is 0 Å². The number of hydrogen-bond acceptors (Lipinski definition) is 5. The van der Waals surface area contributed by atoms with E-state index in [-0.39, 0.29) is 18.2 Å². The van der Waals surface area contributed by atoms with Crippen LogP contribution in [0.25, 0.3) is 0 Å². The van der Waals surface area contributed by atoms with E-state index in [0.717, 1.165) is 61.6 Å². The van der Waals surface area contributed by atoms with E-state index in [0.29, 0.717) is 12.6 Å². The first-order chi connectivity index (χ1) is 15.5. The van der Waals surface area contributed by atoms with E-state index >= 15 is 0 Å². The average Bonchev–Trinajstić information content (AvgIpc) is 2.79. The Hall–Kier alpha value is -2.64. The van der Waals surface area contributed by atoms with E-state index in [2.05, 4.69) is 23.2 Å². The van der Waals surface area contributed by atoms with E-state index in [4.69, 9.17) is 9.47 Å². The molecule has 0 saturated carbocycles. The number of methoxy groups -OCH3 is 1. The summed E-state index contributed by atoms with van der Waals surface area (Å²) in [4.78, 5) is 13.8. The van der Waals surface area contributed by atoms with E-state index in [9.17, 15) is 14.3 Å². The van der Waals surface area contributed by atoms with Crippen LogP contribution in [-0.4, -0.2) is 50.6 Å². The standard InChI is InChI=1S/C25H33FN2O4/c1-3-12-28(22-10-13-32-14-11-22)24-9-4-18(19(17-31-2)16-25(29)30)15-23(24)27-21-7-5-20(26)6-8-21/h4-9,15,19,22,27H,3,10-14,16-17H2,1-2H3,(H,29,30). The molecule has 1 aliphatic heterocycles. The summed E-state index contributed by atoms with van der Waals surface area (Å²) in [6.07, 6.45) is 2.91. The van der Waals surface area contributed by atoms with Gasteiger partial charge < -0.3 is 24.8 Å². The minimum absolute atomic E-state index is 0.0121. The third-order valence-corrected chi connectivity index (χ3v) is 5.81. The fourth-order valence-corrected chi connectivity index (χ4v) is 4.27. The summed E-state index contributed by atoms with van der Waals surface area (Å²) in [7, 11) is 1.58. The van der Waals surface area contributed by atoms with Crippen molar-refractivity contribution in [1.29, 1.82) is 0 Å². The highest BCUT2D eigenvalue weighted by Crippen LogP contribution is 2.36. The van der Waals surface area contributed by atoms with Crippen LogP contribution in [0.4, 0.5) is 21.5 Å². The molecule has 7 heteroatoms. The van der Waals surface area contributed by atoms with Gasteiger partial charge in [0.25, 0.3) is 0 Å². The van der Waals surface area contributed by atoms with Gasteiger partial charge in [0.15, 0.2) is 0 Å². The first kappa shape index (κ1) is 24.0. The van der Waals surface area contributed by atoms with Crippen LogP contribution in [0.5, 0.6) is 0 Å². The molecule has 0 radical (unpaired) electrons. The molecule has 1 saturated heterocycles. The smallest absolute Gasteiger partial charge is 0.304 e. The number of ether oxygens (including phenoxy) is 2. The largest absolute Gasteiger partial charge is 0.481 e. The lowest BCUT2D eigenvalue weighted by atomic mass is 9.94. The Balaban J connectivity index is 2.01. The van der Waals surface area contributed by atoms with Crippen LogP contribution >= 0.6 is 0 Å². The molecule has 1 heterocycles. The number of nitrogens with zero attached hydrogens (tertiary/aromatic N) is 1. The minimum atomic E-state index is -0.862. The second-order valence-electron chi connectivity index (χ2n) is 8.20. The molecule has 0 aromatic heterocycles. The van der Waals surface area contributed by atoms with Gasteiger partial charge in [-0.1, -0.05) is 13.0 Å². The molecule has 1 unspecified atom stereocenters. The van der Waals surface area contributed by atoms with Gasteiger partial charge in [-0.25, -0.2) is 4.39 Å². The molecule has 6 nitrogen and oxygen atoms in total. The van der Waals surface area contributed by atoms with Crippen LogP contribution in [0.2, 0.25) is 0 Å². The Bertz CT molecular complexity index is 869. The molecule has 0 bridgehead atoms. The fraction of sp³-hybridized carbons (Fsp3) is 0.480. The maximum atomic E-state index is 13.4. The molecule has 174 valence electrons. The number of hydrogen-bond donors (Lipinski definition) is 2. The van der Waals surface area contributed by atoms with Crippen molar-refractivity contribution in [3.63, 3.8) is 0 Å². The van der Waals surface area contributed by atoms with Crippen LogP contribution in [0.3, 0.4) is 0 Å². The molecule has 1 fully saturated rings. The number of carboxylic acid groups (broad SMARTS) is 1. The average molecular weight is 445 g/mol. The van der Waals surface area contributed by atoms with Crippen molar-refractivity contribution in [3.05, 3.63) is 53.8 Å². The molecule has 0 aliphatic carbocycles. The third kappa shape index (κ3) is 6.43. The van der Waals surface area contributed by atoms with Crippen molar-refractivity contribution in [1.82, 2.24) is 0 Å². The number of carboxylic acids is 1. The molecule has 3 rings (SSSR count). The molecule has 32 heavy (non-hydrogen) atoms. The zero-order chi connectivity index (χ0) is 22.9. The molecular weight excluding hydrogens is 411 g/mol. The van der Waals surface area contributed by atoms with E-state index < -0.39 is 5.97 Å². The fourth-order valence-electron chi connectivity index (χ4n) is 4.27. The van der Waals surface area contributed by atoms with Gasteiger partial charge in [-0.05, 0) is 61.2 Å². The molecule has 0 amide bonds. The monoisotopic (exact) mass is 444 g/mol. The summed E-state index contributed by atoms with van der Waals surface area (Å²) in [5.41, 5.74) is 3.60. The van der Waals surface area contributed by atoms with Gasteiger partial charge >= 0.3 is 5.97 Å². The van der Waals surface area contributed by atoms with Gasteiger partial charge in [-0.2, -0.15) is 0 Å². The molecule has 1 aliphatic rings. The lowest BCUT2D eigenvalue weighted by Gasteiger charge is -2.37. The summed E-state index contributed by atoms with van der Waals surface area (Å²) in [5.74, 6) is -1.41. The van der Waals surface area contributed by atoms with E-state index in [1.54, 1.807) is 19.2 Å². The molecule has 0 spiro atoms. The maximum absolute atomic E-state index is 13.4. The van der Waals surface area contributed by atoms with Crippen molar-refractivity contribution in [3.8, 4) is 0 Å². The predicted molar refractivity (Wildman–Crippen MR) is 124 cm³/mol. The van der Waals surface area contributed by atoms with Gasteiger partial charge in [0, 0.05) is 44.5 Å². The Kier molecular flexibility index (Phi) is 8.88. The van der Waals surface area contributed by atoms with Gasteiger partial charge in [0.1, 0.15) is 5.82 Å². The highest BCUT2D eigenvalue weighted by molar-refractivity contribution is 5.77. The Morgan fingerprint density at radius 2 is 1.97 bits per heavy atom. The van der Waals surface area contributed by atoms with Gasteiger partial charge in [0.2, 0.25) is 0 Å². The predicted octanol–water partition coefficient (Wildman–Crippen LogP) is 5.17. The lowest BCUT2D eigenvalue weighted by Crippen LogP contribution is -2.40. The van der Waals surface area contributed by atoms with Crippen LogP contribution in [0.1, 0.15) is 44.1 Å². The van der Waals surface area contributed by atoms with Crippen molar-refractivity contribution < 1.29 is 23.8 Å². The second-order valence-corrected chi connectivity index (χ2v) is 8.20. The highest BCUT2D eigenvalue weighted by atomic mass is 19.1. The number of benzene rings is 2. The highest BCUT2D eigenvalue weighted by Gasteiger charge is 2.25. The van der Waals surface area contributed by atoms with Crippen molar-refractivity contribution in [2.45, 2.75) is 44.6 Å². The topological polar surface area (TPSA) is 71.0 Å². The second kappa shape index (κ2) is 11.8. The maximum Gasteiger partial charge on any atom is 0.304 e. The van der Waals surface area contributed by atoms with Crippen molar-refractivity contribution in [2.75, 3.05) is 43.7 Å². The SMILES string of the molecule is CCCN(c1ccc(C(COC)CC(=O)O)cc1Nc1ccc(F)cc1)C1CCOCC1.